The third kappa shape index (κ3) is 2.55. The maximum absolute atomic E-state index is 3.59. The predicted molar refractivity (Wildman–Crippen MR) is 58.2 cm³/mol. The molecule has 72 valence electrons. The molecule has 2 atom stereocenters. The lowest BCUT2D eigenvalue weighted by Crippen LogP contribution is -2.38. The van der Waals surface area contributed by atoms with Crippen molar-refractivity contribution in [3.8, 4) is 0 Å². The van der Waals surface area contributed by atoms with Gasteiger partial charge in [0.25, 0.3) is 0 Å². The van der Waals surface area contributed by atoms with Crippen molar-refractivity contribution in [3.05, 3.63) is 22.4 Å². The van der Waals surface area contributed by atoms with E-state index >= 15 is 0 Å². The molecular weight excluding hydrogens is 178 g/mol. The van der Waals surface area contributed by atoms with E-state index in [1.807, 2.05) is 0 Å². The van der Waals surface area contributed by atoms with E-state index in [2.05, 4.69) is 29.1 Å². The smallest absolute Gasteiger partial charge is 0.0110 e. The molecule has 13 heavy (non-hydrogen) atoms. The molecule has 1 aliphatic heterocycles. The quantitative estimate of drug-likeness (QED) is 0.765. The highest BCUT2D eigenvalue weighted by molar-refractivity contribution is 7.07. The molecular formula is C11H17NS. The van der Waals surface area contributed by atoms with E-state index in [9.17, 15) is 0 Å². The summed E-state index contributed by atoms with van der Waals surface area (Å²) in [6.45, 7) is 3.57. The molecule has 0 bridgehead atoms. The van der Waals surface area contributed by atoms with Gasteiger partial charge in [-0.1, -0.05) is 6.92 Å². The van der Waals surface area contributed by atoms with Gasteiger partial charge in [-0.25, -0.2) is 0 Å². The Morgan fingerprint density at radius 3 is 3.23 bits per heavy atom. The Kier molecular flexibility index (Phi) is 3.01. The number of nitrogens with one attached hydrogen (secondary N) is 1. The molecule has 2 rings (SSSR count). The van der Waals surface area contributed by atoms with Crippen molar-refractivity contribution in [3.63, 3.8) is 0 Å². The minimum Gasteiger partial charge on any atom is -0.314 e. The average molecular weight is 195 g/mol. The number of hydrogen-bond acceptors (Lipinski definition) is 2. The zero-order valence-electron chi connectivity index (χ0n) is 8.12. The highest BCUT2D eigenvalue weighted by atomic mass is 32.1. The lowest BCUT2D eigenvalue weighted by molar-refractivity contribution is 0.319. The summed E-state index contributed by atoms with van der Waals surface area (Å²) in [6, 6.07) is 2.96. The molecule has 0 aromatic carbocycles. The zero-order valence-corrected chi connectivity index (χ0v) is 8.94. The Morgan fingerprint density at radius 2 is 2.54 bits per heavy atom. The molecule has 0 radical (unpaired) electrons. The molecule has 1 nitrogen and oxygen atoms in total. The lowest BCUT2D eigenvalue weighted by atomic mass is 9.91. The van der Waals surface area contributed by atoms with Gasteiger partial charge in [-0.15, -0.1) is 0 Å². The van der Waals surface area contributed by atoms with Crippen LogP contribution < -0.4 is 5.32 Å². The van der Waals surface area contributed by atoms with Crippen LogP contribution in [0.4, 0.5) is 0 Å². The van der Waals surface area contributed by atoms with Gasteiger partial charge in [0, 0.05) is 6.04 Å². The SMILES string of the molecule is CC1CCNC(Cc2ccsc2)C1. The van der Waals surface area contributed by atoms with Crippen LogP contribution in [0.5, 0.6) is 0 Å². The van der Waals surface area contributed by atoms with Crippen LogP contribution in [0.3, 0.4) is 0 Å². The second kappa shape index (κ2) is 4.25. The summed E-state index contributed by atoms with van der Waals surface area (Å²) in [7, 11) is 0. The average Bonchev–Trinajstić information content (AvgIpc) is 2.57. The molecule has 1 saturated heterocycles. The summed E-state index contributed by atoms with van der Waals surface area (Å²) in [6.07, 6.45) is 3.91. The molecule has 0 saturated carbocycles. The zero-order chi connectivity index (χ0) is 9.10. The van der Waals surface area contributed by atoms with Crippen molar-refractivity contribution in [1.82, 2.24) is 5.32 Å². The van der Waals surface area contributed by atoms with Crippen molar-refractivity contribution in [2.75, 3.05) is 6.54 Å². The first kappa shape index (κ1) is 9.22. The fourth-order valence-corrected chi connectivity index (χ4v) is 2.75. The van der Waals surface area contributed by atoms with Gasteiger partial charge < -0.3 is 5.32 Å². The highest BCUT2D eigenvalue weighted by Gasteiger charge is 2.18. The Labute approximate surface area is 84.2 Å². The highest BCUT2D eigenvalue weighted by Crippen LogP contribution is 2.19. The monoisotopic (exact) mass is 195 g/mol. The molecule has 1 aliphatic rings. The summed E-state index contributed by atoms with van der Waals surface area (Å²) in [5.41, 5.74) is 1.50. The van der Waals surface area contributed by atoms with Crippen molar-refractivity contribution in [1.29, 1.82) is 0 Å². The molecule has 0 aliphatic carbocycles. The van der Waals surface area contributed by atoms with Gasteiger partial charge >= 0.3 is 0 Å². The van der Waals surface area contributed by atoms with Crippen LogP contribution in [0.15, 0.2) is 16.8 Å². The van der Waals surface area contributed by atoms with E-state index < -0.39 is 0 Å². The minimum absolute atomic E-state index is 0.721. The van der Waals surface area contributed by atoms with Gasteiger partial charge in [-0.2, -0.15) is 11.3 Å². The molecule has 1 N–H and O–H groups in total. The summed E-state index contributed by atoms with van der Waals surface area (Å²) >= 11 is 1.80. The van der Waals surface area contributed by atoms with Gasteiger partial charge in [-0.05, 0) is 54.1 Å². The molecule has 2 heteroatoms. The van der Waals surface area contributed by atoms with E-state index in [-0.39, 0.29) is 0 Å². The first-order valence-corrected chi connectivity index (χ1v) is 6.03. The van der Waals surface area contributed by atoms with E-state index in [4.69, 9.17) is 0 Å². The van der Waals surface area contributed by atoms with Crippen LogP contribution in [-0.2, 0) is 6.42 Å². The second-order valence-corrected chi connectivity index (χ2v) is 4.90. The Hall–Kier alpha value is -0.340. The van der Waals surface area contributed by atoms with Crippen molar-refractivity contribution in [2.24, 2.45) is 5.92 Å². The van der Waals surface area contributed by atoms with Crippen molar-refractivity contribution in [2.45, 2.75) is 32.2 Å². The third-order valence-corrected chi connectivity index (χ3v) is 3.55. The largest absolute Gasteiger partial charge is 0.314 e. The fraction of sp³-hybridized carbons (Fsp3) is 0.636. The van der Waals surface area contributed by atoms with Crippen LogP contribution in [0, 0.1) is 5.92 Å². The van der Waals surface area contributed by atoms with Crippen LogP contribution in [0.1, 0.15) is 25.3 Å². The Bertz CT molecular complexity index is 243. The fourth-order valence-electron chi connectivity index (χ4n) is 2.07. The van der Waals surface area contributed by atoms with E-state index in [0.717, 1.165) is 12.0 Å². The van der Waals surface area contributed by atoms with Crippen LogP contribution >= 0.6 is 11.3 Å². The van der Waals surface area contributed by atoms with Crippen molar-refractivity contribution < 1.29 is 0 Å². The van der Waals surface area contributed by atoms with E-state index in [1.54, 1.807) is 11.3 Å². The topological polar surface area (TPSA) is 12.0 Å². The van der Waals surface area contributed by atoms with Crippen molar-refractivity contribution >= 4 is 11.3 Å². The molecule has 1 fully saturated rings. The van der Waals surface area contributed by atoms with Gasteiger partial charge in [0.05, 0.1) is 0 Å². The van der Waals surface area contributed by atoms with Crippen LogP contribution in [0.25, 0.3) is 0 Å². The number of hydrogen-bond donors (Lipinski definition) is 1. The molecule has 1 aromatic heterocycles. The minimum atomic E-state index is 0.721. The molecule has 0 spiro atoms. The van der Waals surface area contributed by atoms with Gasteiger partial charge in [0.2, 0.25) is 0 Å². The Morgan fingerprint density at radius 1 is 1.62 bits per heavy atom. The second-order valence-electron chi connectivity index (χ2n) is 4.12. The molecule has 2 unspecified atom stereocenters. The van der Waals surface area contributed by atoms with Gasteiger partial charge in [0.1, 0.15) is 0 Å². The van der Waals surface area contributed by atoms with E-state index in [0.29, 0.717) is 0 Å². The maximum Gasteiger partial charge on any atom is 0.0110 e. The molecule has 1 aromatic rings. The molecule has 0 amide bonds. The standard InChI is InChI=1S/C11H17NS/c1-9-2-4-12-11(6-9)7-10-3-5-13-8-10/h3,5,8-9,11-12H,2,4,6-7H2,1H3. The summed E-state index contributed by atoms with van der Waals surface area (Å²) in [5.74, 6) is 0.907. The molecule has 2 heterocycles. The normalized spacial score (nSPS) is 29.0. The number of piperidine rings is 1. The first-order valence-electron chi connectivity index (χ1n) is 5.09. The number of rotatable bonds is 2. The predicted octanol–water partition coefficient (Wildman–Crippen LogP) is 2.68. The van der Waals surface area contributed by atoms with Gasteiger partial charge in [0.15, 0.2) is 0 Å². The van der Waals surface area contributed by atoms with Gasteiger partial charge in [-0.3, -0.25) is 0 Å². The Balaban J connectivity index is 1.87. The summed E-state index contributed by atoms with van der Waals surface area (Å²) in [5, 5.41) is 8.03. The van der Waals surface area contributed by atoms with Crippen LogP contribution in [0.2, 0.25) is 0 Å². The summed E-state index contributed by atoms with van der Waals surface area (Å²) in [4.78, 5) is 0. The van der Waals surface area contributed by atoms with E-state index in [1.165, 1.54) is 31.4 Å². The maximum atomic E-state index is 3.59. The summed E-state index contributed by atoms with van der Waals surface area (Å²) < 4.78 is 0. The number of thiophene rings is 1. The lowest BCUT2D eigenvalue weighted by Gasteiger charge is -2.27. The first-order chi connectivity index (χ1) is 6.34. The van der Waals surface area contributed by atoms with Crippen LogP contribution in [-0.4, -0.2) is 12.6 Å². The third-order valence-electron chi connectivity index (χ3n) is 2.82.